The number of anilines is 1. The van der Waals surface area contributed by atoms with Crippen molar-refractivity contribution in [1.29, 1.82) is 0 Å². The molecule has 0 bridgehead atoms. The van der Waals surface area contributed by atoms with Crippen LogP contribution in [0.2, 0.25) is 0 Å². The average molecular weight is 699 g/mol. The Morgan fingerprint density at radius 2 is 1.98 bits per heavy atom. The molecule has 1 aromatic carbocycles. The lowest BCUT2D eigenvalue weighted by Gasteiger charge is -2.22. The Balaban J connectivity index is 1.21. The zero-order chi connectivity index (χ0) is 33.3. The smallest absolute Gasteiger partial charge is 0.250 e. The molecule has 0 amide bonds. The Morgan fingerprint density at radius 1 is 1.10 bits per heavy atom. The van der Waals surface area contributed by atoms with Crippen molar-refractivity contribution in [2.24, 2.45) is 5.92 Å². The molecule has 3 aliphatic heterocycles. The topological polar surface area (TPSA) is 133 Å². The molecule has 1 aliphatic carbocycles. The zero-order valence-electron chi connectivity index (χ0n) is 27.6. The van der Waals surface area contributed by atoms with Crippen molar-refractivity contribution in [3.8, 4) is 27.6 Å². The van der Waals surface area contributed by atoms with Crippen molar-refractivity contribution in [2.45, 2.75) is 75.3 Å². The third-order valence-corrected chi connectivity index (χ3v) is 13.8. The molecule has 0 spiro atoms. The Morgan fingerprint density at radius 3 is 2.80 bits per heavy atom. The molecule has 13 heteroatoms. The molecule has 0 unspecified atom stereocenters. The fourth-order valence-corrected chi connectivity index (χ4v) is 11.6. The van der Waals surface area contributed by atoms with Crippen molar-refractivity contribution in [3.05, 3.63) is 64.9 Å². The van der Waals surface area contributed by atoms with Crippen LogP contribution in [0, 0.1) is 12.8 Å². The quantitative estimate of drug-likeness (QED) is 0.180. The SMILES string of the molecule is COc1cccc2c1CC[C@H]2Nc1nccc2cc(-c3c(-c4nnc(C)o4)c(CCC4CCOCC4)nc4c3S(=O)(=O)N3CCC[C@@H]43)sc12. The molecule has 0 saturated carbocycles. The first-order chi connectivity index (χ1) is 23.9. The number of sulfonamides is 1. The summed E-state index contributed by atoms with van der Waals surface area (Å²) in [5.41, 5.74) is 5.16. The lowest BCUT2D eigenvalue weighted by atomic mass is 9.91. The Labute approximate surface area is 289 Å². The molecule has 9 rings (SSSR count). The number of hydrogen-bond acceptors (Lipinski definition) is 11. The van der Waals surface area contributed by atoms with Crippen LogP contribution in [0.5, 0.6) is 5.75 Å². The van der Waals surface area contributed by atoms with Gasteiger partial charge in [-0.05, 0) is 92.0 Å². The van der Waals surface area contributed by atoms with Crippen LogP contribution in [-0.4, -0.2) is 59.8 Å². The number of hydrogen-bond donors (Lipinski definition) is 1. The van der Waals surface area contributed by atoms with E-state index < -0.39 is 10.0 Å². The first kappa shape index (κ1) is 31.1. The van der Waals surface area contributed by atoms with E-state index in [2.05, 4.69) is 27.6 Å². The molecule has 1 N–H and O–H groups in total. The van der Waals surface area contributed by atoms with Crippen LogP contribution >= 0.6 is 11.3 Å². The molecular formula is C36H38N6O5S2. The average Bonchev–Trinajstić information content (AvgIpc) is 3.95. The molecule has 2 atom stereocenters. The number of fused-ring (bicyclic) bond motifs is 5. The van der Waals surface area contributed by atoms with E-state index in [0.717, 1.165) is 90.4 Å². The highest BCUT2D eigenvalue weighted by Gasteiger charge is 2.49. The summed E-state index contributed by atoms with van der Waals surface area (Å²) in [6.45, 7) is 3.79. The second-order valence-electron chi connectivity index (χ2n) is 13.5. The number of aromatic nitrogens is 4. The van der Waals surface area contributed by atoms with Crippen molar-refractivity contribution in [1.82, 2.24) is 24.5 Å². The predicted molar refractivity (Wildman–Crippen MR) is 186 cm³/mol. The number of nitrogens with one attached hydrogen (secondary N) is 1. The maximum Gasteiger partial charge on any atom is 0.250 e. The summed E-state index contributed by atoms with van der Waals surface area (Å²) < 4.78 is 48.8. The lowest BCUT2D eigenvalue weighted by Crippen LogP contribution is -2.23. The molecule has 2 saturated heterocycles. The van der Waals surface area contributed by atoms with Crippen LogP contribution < -0.4 is 10.1 Å². The van der Waals surface area contributed by atoms with E-state index >= 15 is 0 Å². The number of pyridine rings is 2. The molecule has 4 aliphatic rings. The second-order valence-corrected chi connectivity index (χ2v) is 16.3. The summed E-state index contributed by atoms with van der Waals surface area (Å²) in [4.78, 5) is 11.1. The van der Waals surface area contributed by atoms with Crippen molar-refractivity contribution in [2.75, 3.05) is 32.2 Å². The van der Waals surface area contributed by atoms with Gasteiger partial charge < -0.3 is 19.2 Å². The molecule has 7 heterocycles. The monoisotopic (exact) mass is 698 g/mol. The fraction of sp³-hybridized carbons (Fsp3) is 0.444. The van der Waals surface area contributed by atoms with Gasteiger partial charge in [0.05, 0.1) is 40.8 Å². The molecule has 4 aromatic heterocycles. The number of aryl methyl sites for hydroxylation is 2. The van der Waals surface area contributed by atoms with Gasteiger partial charge in [-0.2, -0.15) is 4.31 Å². The predicted octanol–water partition coefficient (Wildman–Crippen LogP) is 7.02. The van der Waals surface area contributed by atoms with Crippen LogP contribution in [0.15, 0.2) is 45.8 Å². The molecule has 5 aromatic rings. The number of ether oxygens (including phenoxy) is 2. The third-order valence-electron chi connectivity index (χ3n) is 10.6. The molecule has 254 valence electrons. The van der Waals surface area contributed by atoms with E-state index in [-0.39, 0.29) is 17.0 Å². The van der Waals surface area contributed by atoms with Gasteiger partial charge in [0.1, 0.15) is 16.5 Å². The number of thiophene rings is 1. The molecule has 0 radical (unpaired) electrons. The molecule has 11 nitrogen and oxygen atoms in total. The van der Waals surface area contributed by atoms with Crippen molar-refractivity contribution >= 4 is 37.3 Å². The van der Waals surface area contributed by atoms with Gasteiger partial charge in [0.15, 0.2) is 0 Å². The Kier molecular flexibility index (Phi) is 7.71. The minimum Gasteiger partial charge on any atom is -0.496 e. The van der Waals surface area contributed by atoms with Crippen LogP contribution in [-0.2, 0) is 27.6 Å². The van der Waals surface area contributed by atoms with Gasteiger partial charge in [0, 0.05) is 43.3 Å². The van der Waals surface area contributed by atoms with Gasteiger partial charge in [-0.1, -0.05) is 12.1 Å². The largest absolute Gasteiger partial charge is 0.496 e. The normalized spacial score (nSPS) is 21.6. The highest BCUT2D eigenvalue weighted by Crippen LogP contribution is 2.53. The number of benzene rings is 1. The van der Waals surface area contributed by atoms with E-state index in [4.69, 9.17) is 23.9 Å². The Bertz CT molecular complexity index is 2190. The van der Waals surface area contributed by atoms with E-state index in [9.17, 15) is 8.42 Å². The maximum atomic E-state index is 14.4. The van der Waals surface area contributed by atoms with Crippen molar-refractivity contribution in [3.63, 3.8) is 0 Å². The van der Waals surface area contributed by atoms with Gasteiger partial charge in [0.2, 0.25) is 21.8 Å². The van der Waals surface area contributed by atoms with Gasteiger partial charge in [-0.3, -0.25) is 4.98 Å². The van der Waals surface area contributed by atoms with Crippen LogP contribution in [0.25, 0.3) is 32.0 Å². The minimum absolute atomic E-state index is 0.0835. The minimum atomic E-state index is -3.82. The standard InChI is InChI=1S/C36H38N6O5S2/c1-20-40-41-36(47-20)30-26(10-8-21-13-17-46-18-14-21)38-32-27-6-4-16-42(27)49(43,44)34(32)31(30)29-19-22-12-15-37-35(33(22)48-29)39-25-11-9-24-23(25)5-3-7-28(24)45-2/h3,5,7,12,15,19,21,25,27H,4,6,8-11,13-14,16-18H2,1-2H3,(H,37,39)/t25-,27+/m1/s1. The first-order valence-electron chi connectivity index (χ1n) is 17.2. The number of methoxy groups -OCH3 is 1. The molecule has 2 fully saturated rings. The van der Waals surface area contributed by atoms with E-state index in [0.29, 0.717) is 47.5 Å². The van der Waals surface area contributed by atoms with Crippen LogP contribution in [0.4, 0.5) is 5.82 Å². The van der Waals surface area contributed by atoms with Gasteiger partial charge >= 0.3 is 0 Å². The fourth-order valence-electron chi connectivity index (χ4n) is 8.28. The first-order valence-corrected chi connectivity index (χ1v) is 19.4. The van der Waals surface area contributed by atoms with Crippen LogP contribution in [0.3, 0.4) is 0 Å². The number of rotatable bonds is 8. The zero-order valence-corrected chi connectivity index (χ0v) is 29.2. The Hall–Kier alpha value is -3.91. The summed E-state index contributed by atoms with van der Waals surface area (Å²) in [5, 5.41) is 13.4. The lowest BCUT2D eigenvalue weighted by molar-refractivity contribution is 0.0639. The van der Waals surface area contributed by atoms with E-state index in [1.165, 1.54) is 11.1 Å². The summed E-state index contributed by atoms with van der Waals surface area (Å²) in [6, 6.07) is 10.1. The summed E-state index contributed by atoms with van der Waals surface area (Å²) in [6.07, 6.45) is 8.86. The van der Waals surface area contributed by atoms with Gasteiger partial charge in [0.25, 0.3) is 0 Å². The van der Waals surface area contributed by atoms with Gasteiger partial charge in [-0.25, -0.2) is 13.4 Å². The third kappa shape index (κ3) is 5.16. The maximum absolute atomic E-state index is 14.4. The van der Waals surface area contributed by atoms with Crippen LogP contribution in [0.1, 0.15) is 79.0 Å². The molecule has 49 heavy (non-hydrogen) atoms. The van der Waals surface area contributed by atoms with Gasteiger partial charge in [-0.15, -0.1) is 21.5 Å². The summed E-state index contributed by atoms with van der Waals surface area (Å²) in [5.74, 6) is 2.92. The highest BCUT2D eigenvalue weighted by molar-refractivity contribution is 7.89. The summed E-state index contributed by atoms with van der Waals surface area (Å²) >= 11 is 1.55. The second kappa shape index (κ2) is 12.1. The van der Waals surface area contributed by atoms with Crippen molar-refractivity contribution < 1.29 is 22.3 Å². The highest BCUT2D eigenvalue weighted by atomic mass is 32.2. The van der Waals surface area contributed by atoms with E-state index in [1.54, 1.807) is 29.7 Å². The van der Waals surface area contributed by atoms with E-state index in [1.807, 2.05) is 24.4 Å². The molecular weight excluding hydrogens is 661 g/mol. The summed E-state index contributed by atoms with van der Waals surface area (Å²) in [7, 11) is -2.10. The number of nitrogens with zero attached hydrogens (tertiary/aromatic N) is 5.